The van der Waals surface area contributed by atoms with Gasteiger partial charge in [0.1, 0.15) is 30.0 Å². The zero-order chi connectivity index (χ0) is 15.0. The van der Waals surface area contributed by atoms with Gasteiger partial charge in [-0.2, -0.15) is 0 Å². The summed E-state index contributed by atoms with van der Waals surface area (Å²) in [5.74, 6) is 0.332. The van der Waals surface area contributed by atoms with Gasteiger partial charge in [-0.25, -0.2) is 14.4 Å². The largest absolute Gasteiger partial charge is 0.387 e. The summed E-state index contributed by atoms with van der Waals surface area (Å²) in [5, 5.41) is 21.9. The molecule has 0 bridgehead atoms. The molecule has 6 nitrogen and oxygen atoms in total. The van der Waals surface area contributed by atoms with Crippen LogP contribution >= 0.6 is 11.3 Å². The predicted molar refractivity (Wildman–Crippen MR) is 74.5 cm³/mol. The second-order valence-electron chi connectivity index (χ2n) is 5.54. The number of rotatable bonds is 2. The Kier molecular flexibility index (Phi) is 2.47. The fraction of sp³-hybridized carbons (Fsp3) is 0.538. The quantitative estimate of drug-likeness (QED) is 0.763. The maximum absolute atomic E-state index is 14.7. The average molecular weight is 311 g/mol. The number of alkyl halides is 1. The molecule has 0 radical (unpaired) electrons. The molecular formula is C13H14FN3O3S. The molecule has 1 aliphatic carbocycles. The Bertz CT molecular complexity index is 737. The summed E-state index contributed by atoms with van der Waals surface area (Å²) in [5.41, 5.74) is 3.79. The van der Waals surface area contributed by atoms with Gasteiger partial charge in [-0.1, -0.05) is 6.92 Å². The maximum atomic E-state index is 14.7. The Morgan fingerprint density at radius 2 is 2.29 bits per heavy atom. The monoisotopic (exact) mass is 311 g/mol. The molecule has 2 aromatic heterocycles. The Balaban J connectivity index is 1.80. The third kappa shape index (κ3) is 1.32. The van der Waals surface area contributed by atoms with E-state index in [1.807, 2.05) is 0 Å². The van der Waals surface area contributed by atoms with Crippen molar-refractivity contribution in [1.82, 2.24) is 9.97 Å². The first kappa shape index (κ1) is 13.3. The highest BCUT2D eigenvalue weighted by atomic mass is 32.1. The van der Waals surface area contributed by atoms with E-state index in [9.17, 15) is 14.6 Å². The molecule has 2 fully saturated rings. The van der Waals surface area contributed by atoms with Gasteiger partial charge in [0.2, 0.25) is 0 Å². The first-order chi connectivity index (χ1) is 9.97. The molecular weight excluding hydrogens is 297 g/mol. The van der Waals surface area contributed by atoms with Crippen molar-refractivity contribution in [2.45, 2.75) is 42.9 Å². The van der Waals surface area contributed by atoms with E-state index in [0.29, 0.717) is 28.0 Å². The van der Waals surface area contributed by atoms with Crippen LogP contribution in [0.1, 0.15) is 25.0 Å². The Morgan fingerprint density at radius 1 is 1.52 bits per heavy atom. The molecule has 2 aromatic rings. The fourth-order valence-electron chi connectivity index (χ4n) is 3.43. The summed E-state index contributed by atoms with van der Waals surface area (Å²) in [4.78, 5) is 8.04. The van der Waals surface area contributed by atoms with E-state index in [1.165, 1.54) is 17.7 Å². The summed E-state index contributed by atoms with van der Waals surface area (Å²) < 4.78 is 21.1. The number of nitrogens with zero attached hydrogens (tertiary/aromatic N) is 2. The number of anilines is 1. The molecule has 21 heavy (non-hydrogen) atoms. The van der Waals surface area contributed by atoms with Crippen molar-refractivity contribution in [3.8, 4) is 0 Å². The summed E-state index contributed by atoms with van der Waals surface area (Å²) >= 11 is 1.31. The highest BCUT2D eigenvalue weighted by Gasteiger charge is 2.86. The number of hydrogen-bond acceptors (Lipinski definition) is 7. The number of halogens is 1. The molecule has 112 valence electrons. The summed E-state index contributed by atoms with van der Waals surface area (Å²) in [7, 11) is 0. The normalized spacial score (nSPS) is 41.4. The van der Waals surface area contributed by atoms with Gasteiger partial charge in [0.25, 0.3) is 0 Å². The second-order valence-corrected chi connectivity index (χ2v) is 6.42. The van der Waals surface area contributed by atoms with Crippen LogP contribution in [0, 0.1) is 0 Å². The number of nitrogen functional groups attached to an aromatic ring is 1. The zero-order valence-electron chi connectivity index (χ0n) is 11.2. The Morgan fingerprint density at radius 3 is 2.95 bits per heavy atom. The summed E-state index contributed by atoms with van der Waals surface area (Å²) in [6.45, 7) is 1.75. The molecule has 1 saturated carbocycles. The van der Waals surface area contributed by atoms with Gasteiger partial charge in [-0.15, -0.1) is 11.3 Å². The van der Waals surface area contributed by atoms with Crippen molar-refractivity contribution in [2.75, 3.05) is 5.73 Å². The van der Waals surface area contributed by atoms with Crippen molar-refractivity contribution in [1.29, 1.82) is 0 Å². The van der Waals surface area contributed by atoms with Gasteiger partial charge in [0.05, 0.1) is 10.2 Å². The molecule has 2 aliphatic rings. The SMILES string of the molecule is CC[C@]12O[C@@H](c3csc4c(N)ncnc34)[C@H](F)[C@@]1(O)C2O. The van der Waals surface area contributed by atoms with Crippen LogP contribution in [0.2, 0.25) is 0 Å². The third-order valence-corrected chi connectivity index (χ3v) is 5.73. The topological polar surface area (TPSA) is 101 Å². The molecule has 1 saturated heterocycles. The molecule has 0 spiro atoms. The number of thiophene rings is 1. The summed E-state index contributed by atoms with van der Waals surface area (Å²) in [6, 6.07) is 0. The highest BCUT2D eigenvalue weighted by Crippen LogP contribution is 2.66. The number of fused-ring (bicyclic) bond motifs is 2. The minimum absolute atomic E-state index is 0.332. The minimum atomic E-state index is -1.83. The number of hydrogen-bond donors (Lipinski definition) is 3. The lowest BCUT2D eigenvalue weighted by Crippen LogP contribution is -2.31. The van der Waals surface area contributed by atoms with E-state index in [1.54, 1.807) is 12.3 Å². The fourth-order valence-corrected chi connectivity index (χ4v) is 4.37. The van der Waals surface area contributed by atoms with E-state index in [-0.39, 0.29) is 0 Å². The number of aromatic nitrogens is 2. The molecule has 1 unspecified atom stereocenters. The Hall–Kier alpha value is -1.35. The van der Waals surface area contributed by atoms with Crippen molar-refractivity contribution in [3.05, 3.63) is 17.3 Å². The van der Waals surface area contributed by atoms with Crippen molar-refractivity contribution in [2.24, 2.45) is 0 Å². The van der Waals surface area contributed by atoms with Crippen molar-refractivity contribution in [3.63, 3.8) is 0 Å². The molecule has 4 rings (SSSR count). The van der Waals surface area contributed by atoms with E-state index < -0.39 is 29.6 Å². The first-order valence-electron chi connectivity index (χ1n) is 6.67. The molecule has 0 aromatic carbocycles. The average Bonchev–Trinajstić information content (AvgIpc) is 2.82. The van der Waals surface area contributed by atoms with E-state index in [2.05, 4.69) is 9.97 Å². The molecule has 1 aliphatic heterocycles. The third-order valence-electron chi connectivity index (χ3n) is 4.72. The van der Waals surface area contributed by atoms with Crippen LogP contribution in [0.25, 0.3) is 10.2 Å². The van der Waals surface area contributed by atoms with Crippen LogP contribution in [0.3, 0.4) is 0 Å². The lowest BCUT2D eigenvalue weighted by molar-refractivity contribution is -0.0574. The van der Waals surface area contributed by atoms with Crippen LogP contribution in [-0.4, -0.2) is 43.7 Å². The van der Waals surface area contributed by atoms with Gasteiger partial charge in [0.15, 0.2) is 11.8 Å². The second kappa shape index (κ2) is 3.89. The molecule has 5 atom stereocenters. The van der Waals surface area contributed by atoms with Crippen molar-refractivity contribution < 1.29 is 19.3 Å². The smallest absolute Gasteiger partial charge is 0.165 e. The van der Waals surface area contributed by atoms with Crippen LogP contribution < -0.4 is 5.73 Å². The van der Waals surface area contributed by atoms with Gasteiger partial charge in [-0.05, 0) is 11.8 Å². The number of aliphatic hydroxyl groups excluding tert-OH is 1. The molecule has 8 heteroatoms. The zero-order valence-corrected chi connectivity index (χ0v) is 12.0. The standard InChI is InChI=1S/C13H14FN3O3S/c1-2-12-11(18)13(12,19)9(14)7(20-12)5-3-21-8-6(5)16-4-17-10(8)15/h3-4,7,9,11,18-19H,2H2,1H3,(H2,15,16,17)/t7-,9-,11?,12+,13+/m0/s1. The van der Waals surface area contributed by atoms with E-state index >= 15 is 0 Å². The van der Waals surface area contributed by atoms with Crippen LogP contribution in [0.4, 0.5) is 10.2 Å². The van der Waals surface area contributed by atoms with E-state index in [4.69, 9.17) is 10.5 Å². The van der Waals surface area contributed by atoms with Gasteiger partial charge in [0, 0.05) is 5.56 Å². The number of aliphatic hydroxyl groups is 2. The van der Waals surface area contributed by atoms with Crippen LogP contribution in [0.5, 0.6) is 0 Å². The molecule has 0 amide bonds. The maximum Gasteiger partial charge on any atom is 0.165 e. The van der Waals surface area contributed by atoms with Crippen molar-refractivity contribution >= 4 is 27.4 Å². The Labute approximate surface area is 123 Å². The van der Waals surface area contributed by atoms with Gasteiger partial charge < -0.3 is 20.7 Å². The van der Waals surface area contributed by atoms with Crippen LogP contribution in [-0.2, 0) is 4.74 Å². The first-order valence-corrected chi connectivity index (χ1v) is 7.55. The number of nitrogens with two attached hydrogens (primary N) is 1. The predicted octanol–water partition coefficient (Wildman–Crippen LogP) is 0.937. The van der Waals surface area contributed by atoms with Gasteiger partial charge >= 0.3 is 0 Å². The lowest BCUT2D eigenvalue weighted by atomic mass is 10.0. The lowest BCUT2D eigenvalue weighted by Gasteiger charge is -2.19. The number of ether oxygens (including phenoxy) is 1. The van der Waals surface area contributed by atoms with E-state index in [0.717, 1.165) is 0 Å². The molecule has 3 heterocycles. The minimum Gasteiger partial charge on any atom is -0.387 e. The van der Waals surface area contributed by atoms with Crippen LogP contribution in [0.15, 0.2) is 11.7 Å². The summed E-state index contributed by atoms with van der Waals surface area (Å²) in [6.07, 6.45) is -2.20. The van der Waals surface area contributed by atoms with Gasteiger partial charge in [-0.3, -0.25) is 0 Å². The highest BCUT2D eigenvalue weighted by molar-refractivity contribution is 7.17. The molecule has 4 N–H and O–H groups in total.